The lowest BCUT2D eigenvalue weighted by Gasteiger charge is -2.30. The minimum atomic E-state index is -4.71. The van der Waals surface area contributed by atoms with E-state index in [-0.39, 0.29) is 17.3 Å². The second kappa shape index (κ2) is 7.27. The average molecular weight is 442 g/mol. The summed E-state index contributed by atoms with van der Waals surface area (Å²) in [6.45, 7) is 3.68. The molecular formula is C18H21F3N6O2S. The summed E-state index contributed by atoms with van der Waals surface area (Å²) in [4.78, 5) is 2.22. The molecule has 1 saturated heterocycles. The molecule has 1 atom stereocenters. The zero-order valence-corrected chi connectivity index (χ0v) is 17.2. The van der Waals surface area contributed by atoms with Crippen molar-refractivity contribution in [1.29, 1.82) is 0 Å². The van der Waals surface area contributed by atoms with Gasteiger partial charge in [-0.15, -0.1) is 10.2 Å². The average Bonchev–Trinajstić information content (AvgIpc) is 2.95. The van der Waals surface area contributed by atoms with Gasteiger partial charge in [-0.1, -0.05) is 0 Å². The maximum atomic E-state index is 13.3. The van der Waals surface area contributed by atoms with Crippen LogP contribution in [0, 0.1) is 6.92 Å². The van der Waals surface area contributed by atoms with Gasteiger partial charge in [-0.2, -0.15) is 21.6 Å². The summed E-state index contributed by atoms with van der Waals surface area (Å²) in [5, 5.41) is 11.7. The van der Waals surface area contributed by atoms with E-state index in [9.17, 15) is 21.6 Å². The zero-order valence-electron chi connectivity index (χ0n) is 16.3. The molecule has 1 fully saturated rings. The summed E-state index contributed by atoms with van der Waals surface area (Å²) in [5.41, 5.74) is -0.603. The predicted molar refractivity (Wildman–Crippen MR) is 108 cm³/mol. The number of hydrogen-bond acceptors (Lipinski definition) is 6. The number of aryl methyl sites for hydroxylation is 1. The number of rotatable bonds is 3. The van der Waals surface area contributed by atoms with Gasteiger partial charge in [0.1, 0.15) is 5.82 Å². The van der Waals surface area contributed by atoms with E-state index in [1.165, 1.54) is 6.07 Å². The molecular weight excluding hydrogens is 421 g/mol. The molecule has 0 bridgehead atoms. The summed E-state index contributed by atoms with van der Waals surface area (Å²) >= 11 is 0. The summed E-state index contributed by atoms with van der Waals surface area (Å²) in [7, 11) is -2.08. The van der Waals surface area contributed by atoms with Crippen LogP contribution in [-0.4, -0.2) is 49.7 Å². The van der Waals surface area contributed by atoms with Crippen LogP contribution in [0.15, 0.2) is 18.2 Å². The van der Waals surface area contributed by atoms with Crippen LogP contribution in [0.1, 0.15) is 24.0 Å². The summed E-state index contributed by atoms with van der Waals surface area (Å²) in [6.07, 6.45) is -2.63. The van der Waals surface area contributed by atoms with E-state index < -0.39 is 27.6 Å². The quantitative estimate of drug-likeness (QED) is 0.676. The SMILES string of the molecule is Cc1cc(N[C@@H]2CCCN(C)C2)nnc1-c1ccc(C(F)(F)F)c2c1NS(=O)(=O)N2. The minimum absolute atomic E-state index is 0.183. The van der Waals surface area contributed by atoms with Crippen LogP contribution >= 0.6 is 0 Å². The van der Waals surface area contributed by atoms with Crippen molar-refractivity contribution in [3.63, 3.8) is 0 Å². The van der Waals surface area contributed by atoms with E-state index in [4.69, 9.17) is 0 Å². The number of hydrogen-bond donors (Lipinski definition) is 3. The standard InChI is InChI=1S/C18H21F3N6O2S/c1-10-8-14(22-11-4-3-7-27(2)9-11)23-24-15(10)12-5-6-13(18(19,20)21)17-16(12)25-30(28,29)26-17/h5-6,8,11,25-26H,3-4,7,9H2,1-2H3,(H,22,23)/t11-/m1/s1. The number of aromatic nitrogens is 2. The Morgan fingerprint density at radius 2 is 1.93 bits per heavy atom. The first kappa shape index (κ1) is 20.7. The Labute approximate surface area is 172 Å². The van der Waals surface area contributed by atoms with E-state index >= 15 is 0 Å². The fourth-order valence-electron chi connectivity index (χ4n) is 3.86. The molecule has 0 amide bonds. The molecule has 1 aromatic heterocycles. The van der Waals surface area contributed by atoms with Gasteiger partial charge in [0.15, 0.2) is 0 Å². The first-order chi connectivity index (χ1) is 14.0. The lowest BCUT2D eigenvalue weighted by atomic mass is 10.0. The number of nitrogens with one attached hydrogen (secondary N) is 3. The second-order valence-electron chi connectivity index (χ2n) is 7.62. The molecule has 2 aliphatic heterocycles. The molecule has 2 aromatic rings. The predicted octanol–water partition coefficient (Wildman–Crippen LogP) is 3.06. The number of benzene rings is 1. The molecule has 0 radical (unpaired) electrons. The molecule has 0 aliphatic carbocycles. The highest BCUT2D eigenvalue weighted by Gasteiger charge is 2.40. The van der Waals surface area contributed by atoms with Crippen LogP contribution in [-0.2, 0) is 16.4 Å². The number of anilines is 3. The number of nitrogens with zero attached hydrogens (tertiary/aromatic N) is 3. The van der Waals surface area contributed by atoms with Crippen LogP contribution in [0.25, 0.3) is 11.3 Å². The van der Waals surface area contributed by atoms with Crippen LogP contribution in [0.2, 0.25) is 0 Å². The maximum Gasteiger partial charge on any atom is 0.418 e. The molecule has 8 nitrogen and oxygen atoms in total. The van der Waals surface area contributed by atoms with Gasteiger partial charge < -0.3 is 10.2 Å². The Bertz CT molecular complexity index is 1090. The first-order valence-corrected chi connectivity index (χ1v) is 10.9. The van der Waals surface area contributed by atoms with E-state index in [1.807, 2.05) is 11.8 Å². The highest BCUT2D eigenvalue weighted by atomic mass is 32.2. The number of alkyl halides is 3. The Kier molecular flexibility index (Phi) is 5.01. The molecule has 4 rings (SSSR count). The fraction of sp³-hybridized carbons (Fsp3) is 0.444. The molecule has 162 valence electrons. The van der Waals surface area contributed by atoms with Crippen molar-refractivity contribution in [3.05, 3.63) is 29.3 Å². The third kappa shape index (κ3) is 4.01. The zero-order chi connectivity index (χ0) is 21.7. The van der Waals surface area contributed by atoms with E-state index in [0.29, 0.717) is 17.1 Å². The normalized spacial score (nSPS) is 20.9. The van der Waals surface area contributed by atoms with Crippen LogP contribution in [0.5, 0.6) is 0 Å². The van der Waals surface area contributed by atoms with Gasteiger partial charge in [-0.3, -0.25) is 9.44 Å². The first-order valence-electron chi connectivity index (χ1n) is 9.38. The topological polar surface area (TPSA) is 99.2 Å². The van der Waals surface area contributed by atoms with E-state index in [1.54, 1.807) is 13.0 Å². The largest absolute Gasteiger partial charge is 0.418 e. The molecule has 0 saturated carbocycles. The lowest BCUT2D eigenvalue weighted by Crippen LogP contribution is -2.39. The number of halogens is 3. The van der Waals surface area contributed by atoms with Gasteiger partial charge in [0.05, 0.1) is 22.6 Å². The van der Waals surface area contributed by atoms with Crippen molar-refractivity contribution in [1.82, 2.24) is 15.1 Å². The molecule has 3 N–H and O–H groups in total. The Balaban J connectivity index is 1.69. The maximum absolute atomic E-state index is 13.3. The van der Waals surface area contributed by atoms with Crippen molar-refractivity contribution in [2.24, 2.45) is 0 Å². The number of fused-ring (bicyclic) bond motifs is 1. The second-order valence-corrected chi connectivity index (χ2v) is 9.04. The summed E-state index contributed by atoms with van der Waals surface area (Å²) in [6, 6.07) is 4.04. The van der Waals surface area contributed by atoms with Crippen molar-refractivity contribution in [2.75, 3.05) is 34.9 Å². The van der Waals surface area contributed by atoms with Gasteiger partial charge in [0.25, 0.3) is 0 Å². The smallest absolute Gasteiger partial charge is 0.365 e. The number of piperidine rings is 1. The van der Waals surface area contributed by atoms with Crippen LogP contribution in [0.4, 0.5) is 30.4 Å². The fourth-order valence-corrected chi connectivity index (χ4v) is 4.87. The van der Waals surface area contributed by atoms with Gasteiger partial charge >= 0.3 is 16.4 Å². The molecule has 1 aromatic carbocycles. The molecule has 0 unspecified atom stereocenters. The molecule has 0 spiro atoms. The summed E-state index contributed by atoms with van der Waals surface area (Å²) < 4.78 is 67.8. The number of likely N-dealkylation sites (N-methyl/N-ethyl adjacent to an activating group) is 1. The van der Waals surface area contributed by atoms with Crippen LogP contribution in [0.3, 0.4) is 0 Å². The van der Waals surface area contributed by atoms with Crippen molar-refractivity contribution in [3.8, 4) is 11.3 Å². The Morgan fingerprint density at radius 3 is 2.60 bits per heavy atom. The van der Waals surface area contributed by atoms with Gasteiger partial charge in [0, 0.05) is 18.2 Å². The van der Waals surface area contributed by atoms with Gasteiger partial charge in [-0.05, 0) is 57.1 Å². The van der Waals surface area contributed by atoms with Gasteiger partial charge in [0.2, 0.25) is 0 Å². The van der Waals surface area contributed by atoms with Gasteiger partial charge in [-0.25, -0.2) is 0 Å². The Hall–Kier alpha value is -2.60. The Morgan fingerprint density at radius 1 is 1.20 bits per heavy atom. The van der Waals surface area contributed by atoms with Crippen molar-refractivity contribution in [2.45, 2.75) is 32.0 Å². The lowest BCUT2D eigenvalue weighted by molar-refractivity contribution is -0.136. The van der Waals surface area contributed by atoms with E-state index in [2.05, 4.69) is 25.1 Å². The summed E-state index contributed by atoms with van der Waals surface area (Å²) in [5.74, 6) is 0.568. The monoisotopic (exact) mass is 442 g/mol. The highest BCUT2D eigenvalue weighted by Crippen LogP contribution is 2.47. The molecule has 3 heterocycles. The minimum Gasteiger partial charge on any atom is -0.365 e. The number of likely N-dealkylation sites (tertiary alicyclic amines) is 1. The van der Waals surface area contributed by atoms with Crippen molar-refractivity contribution < 1.29 is 21.6 Å². The highest BCUT2D eigenvalue weighted by molar-refractivity contribution is 7.94. The molecule has 12 heteroatoms. The molecule has 2 aliphatic rings. The van der Waals surface area contributed by atoms with Crippen molar-refractivity contribution >= 4 is 27.4 Å². The third-order valence-corrected chi connectivity index (χ3v) is 6.15. The third-order valence-electron chi connectivity index (χ3n) is 5.20. The van der Waals surface area contributed by atoms with E-state index in [0.717, 1.165) is 32.0 Å². The van der Waals surface area contributed by atoms with Crippen LogP contribution < -0.4 is 14.8 Å². The molecule has 30 heavy (non-hydrogen) atoms.